The van der Waals surface area contributed by atoms with Gasteiger partial charge in [-0.1, -0.05) is 36.4 Å². The summed E-state index contributed by atoms with van der Waals surface area (Å²) < 4.78 is 33.4. The largest absolute Gasteiger partial charge is 0.495 e. The standard InChI is InChI=1S/C22H30N2O4S/c1-17-11-12-19(28-5)20(15-17)29(26,27)24(16-21(25)23-22(2,3)4)14-13-18-9-7-6-8-10-18/h6-12,15H,13-14,16H2,1-5H3,(H,23,25). The van der Waals surface area contributed by atoms with Gasteiger partial charge in [-0.25, -0.2) is 8.42 Å². The van der Waals surface area contributed by atoms with Crippen LogP contribution in [0.25, 0.3) is 0 Å². The number of sulfonamides is 1. The maximum Gasteiger partial charge on any atom is 0.247 e. The predicted octanol–water partition coefficient (Wildman–Crippen LogP) is 3.15. The van der Waals surface area contributed by atoms with Gasteiger partial charge in [0.15, 0.2) is 0 Å². The molecule has 1 N–H and O–H groups in total. The number of benzene rings is 2. The Morgan fingerprint density at radius 1 is 1.10 bits per heavy atom. The molecule has 0 aliphatic rings. The van der Waals surface area contributed by atoms with Crippen LogP contribution in [0.2, 0.25) is 0 Å². The highest BCUT2D eigenvalue weighted by Crippen LogP contribution is 2.28. The van der Waals surface area contributed by atoms with Crippen LogP contribution >= 0.6 is 0 Å². The van der Waals surface area contributed by atoms with Gasteiger partial charge in [-0.15, -0.1) is 0 Å². The number of carbonyl (C=O) groups excluding carboxylic acids is 1. The molecule has 0 atom stereocenters. The van der Waals surface area contributed by atoms with Crippen LogP contribution in [0.1, 0.15) is 31.9 Å². The first-order valence-corrected chi connectivity index (χ1v) is 11.0. The summed E-state index contributed by atoms with van der Waals surface area (Å²) in [6, 6.07) is 14.6. The second-order valence-corrected chi connectivity index (χ2v) is 9.93. The van der Waals surface area contributed by atoms with E-state index in [1.165, 1.54) is 11.4 Å². The molecule has 1 amide bonds. The number of amides is 1. The van der Waals surface area contributed by atoms with E-state index < -0.39 is 15.6 Å². The lowest BCUT2D eigenvalue weighted by molar-refractivity contribution is -0.122. The highest BCUT2D eigenvalue weighted by atomic mass is 32.2. The van der Waals surface area contributed by atoms with Gasteiger partial charge in [-0.3, -0.25) is 4.79 Å². The number of aryl methyl sites for hydroxylation is 1. The summed E-state index contributed by atoms with van der Waals surface area (Å²) in [5, 5.41) is 2.84. The van der Waals surface area contributed by atoms with Gasteiger partial charge in [-0.05, 0) is 57.4 Å². The van der Waals surface area contributed by atoms with E-state index >= 15 is 0 Å². The Kier molecular flexibility index (Phi) is 7.43. The molecule has 0 aromatic heterocycles. The van der Waals surface area contributed by atoms with E-state index in [0.717, 1.165) is 11.1 Å². The first-order chi connectivity index (χ1) is 13.5. The van der Waals surface area contributed by atoms with Crippen LogP contribution in [-0.2, 0) is 21.2 Å². The second kappa shape index (κ2) is 9.41. The van der Waals surface area contributed by atoms with E-state index in [1.54, 1.807) is 18.2 Å². The number of methoxy groups -OCH3 is 1. The van der Waals surface area contributed by atoms with Crippen molar-refractivity contribution in [1.29, 1.82) is 0 Å². The summed E-state index contributed by atoms with van der Waals surface area (Å²) >= 11 is 0. The first-order valence-electron chi connectivity index (χ1n) is 9.52. The maximum absolute atomic E-state index is 13.5. The topological polar surface area (TPSA) is 75.7 Å². The average Bonchev–Trinajstić information content (AvgIpc) is 2.64. The zero-order valence-corrected chi connectivity index (χ0v) is 18.5. The summed E-state index contributed by atoms with van der Waals surface area (Å²) in [6.07, 6.45) is 0.497. The third-order valence-corrected chi connectivity index (χ3v) is 6.13. The Bertz CT molecular complexity index is 935. The third-order valence-electron chi connectivity index (χ3n) is 4.26. The number of rotatable bonds is 8. The van der Waals surface area contributed by atoms with Crippen LogP contribution in [0.5, 0.6) is 5.75 Å². The molecule has 7 heteroatoms. The fraction of sp³-hybridized carbons (Fsp3) is 0.409. The summed E-state index contributed by atoms with van der Waals surface area (Å²) in [4.78, 5) is 12.6. The molecule has 0 unspecified atom stereocenters. The third kappa shape index (κ3) is 6.58. The maximum atomic E-state index is 13.5. The van der Waals surface area contributed by atoms with Crippen molar-refractivity contribution in [3.8, 4) is 5.75 Å². The highest BCUT2D eigenvalue weighted by molar-refractivity contribution is 7.89. The highest BCUT2D eigenvalue weighted by Gasteiger charge is 2.30. The minimum atomic E-state index is -3.94. The molecule has 2 aromatic rings. The lowest BCUT2D eigenvalue weighted by Crippen LogP contribution is -2.47. The lowest BCUT2D eigenvalue weighted by Gasteiger charge is -2.26. The molecule has 0 bridgehead atoms. The van der Waals surface area contributed by atoms with Gasteiger partial charge in [-0.2, -0.15) is 4.31 Å². The molecule has 158 valence electrons. The number of ether oxygens (including phenoxy) is 1. The van der Waals surface area contributed by atoms with Crippen LogP contribution in [-0.4, -0.2) is 44.4 Å². The van der Waals surface area contributed by atoms with Gasteiger partial charge in [0.05, 0.1) is 13.7 Å². The zero-order valence-electron chi connectivity index (χ0n) is 17.7. The van der Waals surface area contributed by atoms with Crippen LogP contribution in [0.15, 0.2) is 53.4 Å². The van der Waals surface area contributed by atoms with Crippen molar-refractivity contribution >= 4 is 15.9 Å². The fourth-order valence-electron chi connectivity index (χ4n) is 2.93. The minimum absolute atomic E-state index is 0.0663. The van der Waals surface area contributed by atoms with Crippen molar-refractivity contribution in [3.05, 3.63) is 59.7 Å². The summed E-state index contributed by atoms with van der Waals surface area (Å²) in [7, 11) is -2.50. The number of nitrogens with zero attached hydrogens (tertiary/aromatic N) is 1. The zero-order chi connectivity index (χ0) is 21.7. The molecule has 0 spiro atoms. The number of hydrogen-bond acceptors (Lipinski definition) is 4. The van der Waals surface area contributed by atoms with Crippen molar-refractivity contribution in [2.45, 2.75) is 44.6 Å². The quantitative estimate of drug-likeness (QED) is 0.715. The molecule has 0 saturated heterocycles. The van der Waals surface area contributed by atoms with Crippen LogP contribution in [0, 0.1) is 6.92 Å². The van der Waals surface area contributed by atoms with Crippen molar-refractivity contribution in [1.82, 2.24) is 9.62 Å². The van der Waals surface area contributed by atoms with Crippen molar-refractivity contribution in [3.63, 3.8) is 0 Å². The van der Waals surface area contributed by atoms with Gasteiger partial charge in [0.1, 0.15) is 10.6 Å². The van der Waals surface area contributed by atoms with Gasteiger partial charge in [0.25, 0.3) is 0 Å². The Labute approximate surface area is 173 Å². The summed E-state index contributed by atoms with van der Waals surface area (Å²) in [5.41, 5.74) is 1.35. The van der Waals surface area contributed by atoms with Crippen LogP contribution in [0.3, 0.4) is 0 Å². The Balaban J connectivity index is 2.36. The summed E-state index contributed by atoms with van der Waals surface area (Å²) in [5.74, 6) is -0.0858. The minimum Gasteiger partial charge on any atom is -0.495 e. The smallest absolute Gasteiger partial charge is 0.247 e. The van der Waals surface area contributed by atoms with Crippen LogP contribution < -0.4 is 10.1 Å². The molecule has 0 saturated carbocycles. The van der Waals surface area contributed by atoms with E-state index in [0.29, 0.717) is 6.42 Å². The van der Waals surface area contributed by atoms with Gasteiger partial charge in [0, 0.05) is 12.1 Å². The molecule has 0 radical (unpaired) electrons. The van der Waals surface area contributed by atoms with Crippen molar-refractivity contribution in [2.75, 3.05) is 20.2 Å². The van der Waals surface area contributed by atoms with E-state index in [1.807, 2.05) is 58.0 Å². The Morgan fingerprint density at radius 3 is 2.34 bits per heavy atom. The number of nitrogens with one attached hydrogen (secondary N) is 1. The van der Waals surface area contributed by atoms with E-state index in [4.69, 9.17) is 4.74 Å². The van der Waals surface area contributed by atoms with E-state index in [-0.39, 0.29) is 29.6 Å². The Morgan fingerprint density at radius 2 is 1.76 bits per heavy atom. The molecule has 2 aromatic carbocycles. The van der Waals surface area contributed by atoms with Crippen molar-refractivity contribution in [2.24, 2.45) is 0 Å². The van der Waals surface area contributed by atoms with Gasteiger partial charge < -0.3 is 10.1 Å². The molecule has 29 heavy (non-hydrogen) atoms. The van der Waals surface area contributed by atoms with Crippen molar-refractivity contribution < 1.29 is 17.9 Å². The normalized spacial score (nSPS) is 12.1. The Hall–Kier alpha value is -2.38. The summed E-state index contributed by atoms with van der Waals surface area (Å²) in [6.45, 7) is 7.31. The monoisotopic (exact) mass is 418 g/mol. The predicted molar refractivity (Wildman–Crippen MR) is 115 cm³/mol. The molecular weight excluding hydrogens is 388 g/mol. The van der Waals surface area contributed by atoms with Gasteiger partial charge in [0.2, 0.25) is 15.9 Å². The number of carbonyl (C=O) groups is 1. The molecule has 0 aliphatic carbocycles. The molecule has 0 heterocycles. The van der Waals surface area contributed by atoms with E-state index in [9.17, 15) is 13.2 Å². The van der Waals surface area contributed by atoms with E-state index in [2.05, 4.69) is 5.32 Å². The van der Waals surface area contributed by atoms with Crippen LogP contribution in [0.4, 0.5) is 0 Å². The first kappa shape index (κ1) is 22.9. The molecule has 0 aliphatic heterocycles. The lowest BCUT2D eigenvalue weighted by atomic mass is 10.1. The SMILES string of the molecule is COc1ccc(C)cc1S(=O)(=O)N(CCc1ccccc1)CC(=O)NC(C)(C)C. The number of hydrogen-bond donors (Lipinski definition) is 1. The molecular formula is C22H30N2O4S. The molecule has 0 fully saturated rings. The second-order valence-electron chi connectivity index (χ2n) is 8.03. The fourth-order valence-corrected chi connectivity index (χ4v) is 4.56. The molecule has 2 rings (SSSR count). The molecule has 6 nitrogen and oxygen atoms in total. The van der Waals surface area contributed by atoms with Gasteiger partial charge >= 0.3 is 0 Å². The average molecular weight is 419 g/mol.